The Morgan fingerprint density at radius 3 is 1.29 bits per heavy atom. The zero-order valence-corrected chi connectivity index (χ0v) is 44.6. The lowest BCUT2D eigenvalue weighted by Crippen LogP contribution is -2.37. The molecule has 0 spiro atoms. The zero-order chi connectivity index (χ0) is 48.5. The van der Waals surface area contributed by atoms with E-state index in [1.807, 2.05) is 21.1 Å². The standard InChI is InChI=1S/C56H104NO8P/c1-6-8-10-12-14-16-17-18-19-20-21-22-23-24-25-26-27-28-29-30-31-32-33-34-35-36-37-38-39-41-43-45-47-49-56(59)65-54(53-64-66(60,61)63-51-50-57(3,4)5)52-62-55(58)48-46-44-42-40-15-13-11-9-7-2/h8,10,14,16,18-19,21-22,54H,6-7,9,11-13,15,17,20,23-53H2,1-5H3/p+1/b10-8-,16-14-,19-18-,22-21-. The summed E-state index contributed by atoms with van der Waals surface area (Å²) in [7, 11) is 1.49. The minimum atomic E-state index is -4.37. The molecular weight excluding hydrogens is 846 g/mol. The largest absolute Gasteiger partial charge is 0.472 e. The third-order valence-corrected chi connectivity index (χ3v) is 12.9. The van der Waals surface area contributed by atoms with Gasteiger partial charge in [-0.25, -0.2) is 4.57 Å². The molecular formula is C56H105NO8P+. The second-order valence-electron chi connectivity index (χ2n) is 19.6. The van der Waals surface area contributed by atoms with Gasteiger partial charge in [0.1, 0.15) is 19.8 Å². The first-order chi connectivity index (χ1) is 32.0. The van der Waals surface area contributed by atoms with Gasteiger partial charge >= 0.3 is 19.8 Å². The maximum absolute atomic E-state index is 12.7. The van der Waals surface area contributed by atoms with Gasteiger partial charge in [0.05, 0.1) is 27.7 Å². The van der Waals surface area contributed by atoms with Crippen LogP contribution in [0.5, 0.6) is 0 Å². The fourth-order valence-corrected chi connectivity index (χ4v) is 8.40. The van der Waals surface area contributed by atoms with Crippen LogP contribution in [0.1, 0.15) is 245 Å². The van der Waals surface area contributed by atoms with Gasteiger partial charge in [0, 0.05) is 12.8 Å². The summed E-state index contributed by atoms with van der Waals surface area (Å²) in [6.07, 6.45) is 59.2. The third kappa shape index (κ3) is 51.4. The molecule has 0 radical (unpaired) electrons. The lowest BCUT2D eigenvalue weighted by molar-refractivity contribution is -0.870. The summed E-state index contributed by atoms with van der Waals surface area (Å²) in [6.45, 7) is 4.31. The van der Waals surface area contributed by atoms with Gasteiger partial charge in [0.15, 0.2) is 6.10 Å². The molecule has 0 fully saturated rings. The molecule has 0 rings (SSSR count). The molecule has 0 bridgehead atoms. The number of ether oxygens (including phenoxy) is 2. The Morgan fingerprint density at radius 2 is 0.864 bits per heavy atom. The highest BCUT2D eigenvalue weighted by Crippen LogP contribution is 2.43. The number of carbonyl (C=O) groups excluding carboxylic acids is 2. The first-order valence-electron chi connectivity index (χ1n) is 27.4. The Bertz CT molecular complexity index is 1260. The molecule has 0 amide bonds. The molecule has 2 unspecified atom stereocenters. The number of unbranched alkanes of at least 4 members (excludes halogenated alkanes) is 28. The lowest BCUT2D eigenvalue weighted by atomic mass is 10.0. The van der Waals surface area contributed by atoms with Gasteiger partial charge in [0.25, 0.3) is 0 Å². The maximum atomic E-state index is 12.7. The van der Waals surface area contributed by atoms with Crippen molar-refractivity contribution >= 4 is 19.8 Å². The van der Waals surface area contributed by atoms with E-state index in [-0.39, 0.29) is 25.6 Å². The van der Waals surface area contributed by atoms with Crippen molar-refractivity contribution in [2.24, 2.45) is 0 Å². The van der Waals surface area contributed by atoms with Crippen LogP contribution in [-0.4, -0.2) is 74.9 Å². The Kier molecular flexibility index (Phi) is 46.5. The van der Waals surface area contributed by atoms with Gasteiger partial charge in [-0.2, -0.15) is 0 Å². The summed E-state index contributed by atoms with van der Waals surface area (Å²) in [5.41, 5.74) is 0. The minimum absolute atomic E-state index is 0.0337. The van der Waals surface area contributed by atoms with Crippen molar-refractivity contribution in [2.75, 3.05) is 47.5 Å². The van der Waals surface area contributed by atoms with Gasteiger partial charge in [-0.3, -0.25) is 18.6 Å². The molecule has 0 aromatic rings. The summed E-state index contributed by atoms with van der Waals surface area (Å²) in [4.78, 5) is 35.4. The van der Waals surface area contributed by atoms with E-state index in [0.29, 0.717) is 23.9 Å². The molecule has 0 aromatic heterocycles. The molecule has 0 aliphatic carbocycles. The van der Waals surface area contributed by atoms with Crippen LogP contribution in [0.4, 0.5) is 0 Å². The van der Waals surface area contributed by atoms with E-state index in [1.165, 1.54) is 154 Å². The number of esters is 2. The SMILES string of the molecule is CC/C=C\C/C=C\C/C=C\C/C=C\CCCCCCCCCCCCCCCCCCCCCCC(=O)OC(COC(=O)CCCCCCCCCCC)COP(=O)(O)OCC[N+](C)(C)C. The number of allylic oxidation sites excluding steroid dienone is 8. The molecule has 386 valence electrons. The van der Waals surface area contributed by atoms with Crippen LogP contribution in [0.3, 0.4) is 0 Å². The van der Waals surface area contributed by atoms with Gasteiger partial charge in [-0.15, -0.1) is 0 Å². The van der Waals surface area contributed by atoms with Crippen LogP contribution < -0.4 is 0 Å². The number of hydrogen-bond donors (Lipinski definition) is 1. The molecule has 0 aromatic carbocycles. The molecule has 9 nitrogen and oxygen atoms in total. The first kappa shape index (κ1) is 64.0. The van der Waals surface area contributed by atoms with Crippen molar-refractivity contribution in [2.45, 2.75) is 251 Å². The number of quaternary nitrogens is 1. The number of phosphoric acid groups is 1. The van der Waals surface area contributed by atoms with Crippen LogP contribution in [0.2, 0.25) is 0 Å². The molecule has 1 N–H and O–H groups in total. The molecule has 0 aliphatic rings. The molecule has 0 saturated heterocycles. The number of likely N-dealkylation sites (N-methyl/N-ethyl adjacent to an activating group) is 1. The number of phosphoric ester groups is 1. The van der Waals surface area contributed by atoms with Crippen LogP contribution in [0, 0.1) is 0 Å². The maximum Gasteiger partial charge on any atom is 0.472 e. The number of nitrogens with zero attached hydrogens (tertiary/aromatic N) is 1. The van der Waals surface area contributed by atoms with E-state index in [4.69, 9.17) is 18.5 Å². The van der Waals surface area contributed by atoms with Crippen LogP contribution in [0.25, 0.3) is 0 Å². The van der Waals surface area contributed by atoms with Crippen molar-refractivity contribution in [1.82, 2.24) is 0 Å². The van der Waals surface area contributed by atoms with Crippen molar-refractivity contribution in [1.29, 1.82) is 0 Å². The summed E-state index contributed by atoms with van der Waals surface area (Å²) in [6, 6.07) is 0. The normalized spacial score (nSPS) is 13.7. The minimum Gasteiger partial charge on any atom is -0.462 e. The highest BCUT2D eigenvalue weighted by molar-refractivity contribution is 7.47. The molecule has 0 aliphatic heterocycles. The quantitative estimate of drug-likeness (QED) is 0.0211. The summed E-state index contributed by atoms with van der Waals surface area (Å²) >= 11 is 0. The van der Waals surface area contributed by atoms with E-state index in [1.54, 1.807) is 0 Å². The first-order valence-corrected chi connectivity index (χ1v) is 28.9. The van der Waals surface area contributed by atoms with Gasteiger partial charge in [-0.1, -0.05) is 229 Å². The second kappa shape index (κ2) is 48.0. The predicted molar refractivity (Wildman–Crippen MR) is 280 cm³/mol. The smallest absolute Gasteiger partial charge is 0.462 e. The fraction of sp³-hybridized carbons (Fsp3) is 0.821. The second-order valence-corrected chi connectivity index (χ2v) is 21.0. The fourth-order valence-electron chi connectivity index (χ4n) is 7.65. The van der Waals surface area contributed by atoms with Gasteiger partial charge < -0.3 is 18.9 Å². The molecule has 0 saturated carbocycles. The van der Waals surface area contributed by atoms with Crippen molar-refractivity contribution in [3.63, 3.8) is 0 Å². The molecule has 2 atom stereocenters. The lowest BCUT2D eigenvalue weighted by Gasteiger charge is -2.24. The number of hydrogen-bond acceptors (Lipinski definition) is 7. The Labute approximate surface area is 407 Å². The number of rotatable bonds is 50. The van der Waals surface area contributed by atoms with E-state index in [9.17, 15) is 19.0 Å². The van der Waals surface area contributed by atoms with E-state index in [2.05, 4.69) is 62.5 Å². The summed E-state index contributed by atoms with van der Waals surface area (Å²) < 4.78 is 34.4. The van der Waals surface area contributed by atoms with Crippen molar-refractivity contribution < 1.29 is 42.1 Å². The average molecular weight is 951 g/mol. The molecule has 0 heterocycles. The van der Waals surface area contributed by atoms with E-state index >= 15 is 0 Å². The van der Waals surface area contributed by atoms with E-state index in [0.717, 1.165) is 57.8 Å². The Balaban J connectivity index is 3.94. The van der Waals surface area contributed by atoms with Crippen LogP contribution in [-0.2, 0) is 32.7 Å². The van der Waals surface area contributed by atoms with Crippen molar-refractivity contribution in [3.05, 3.63) is 48.6 Å². The topological polar surface area (TPSA) is 108 Å². The van der Waals surface area contributed by atoms with Crippen LogP contribution >= 0.6 is 7.82 Å². The van der Waals surface area contributed by atoms with Crippen LogP contribution in [0.15, 0.2) is 48.6 Å². The third-order valence-electron chi connectivity index (χ3n) is 11.9. The van der Waals surface area contributed by atoms with Gasteiger partial charge in [0.2, 0.25) is 0 Å². The predicted octanol–water partition coefficient (Wildman–Crippen LogP) is 16.6. The molecule has 66 heavy (non-hydrogen) atoms. The summed E-state index contributed by atoms with van der Waals surface area (Å²) in [5, 5.41) is 0. The number of carbonyl (C=O) groups is 2. The Hall–Kier alpha value is -2.03. The monoisotopic (exact) mass is 951 g/mol. The average Bonchev–Trinajstić information content (AvgIpc) is 3.27. The molecule has 10 heteroatoms. The highest BCUT2D eigenvalue weighted by atomic mass is 31.2. The Morgan fingerprint density at radius 1 is 0.485 bits per heavy atom. The van der Waals surface area contributed by atoms with Gasteiger partial charge in [-0.05, 0) is 51.4 Å². The van der Waals surface area contributed by atoms with E-state index < -0.39 is 26.5 Å². The van der Waals surface area contributed by atoms with Crippen molar-refractivity contribution in [3.8, 4) is 0 Å². The zero-order valence-electron chi connectivity index (χ0n) is 43.7. The summed E-state index contributed by atoms with van der Waals surface area (Å²) in [5.74, 6) is -0.791. The highest BCUT2D eigenvalue weighted by Gasteiger charge is 2.27.